The van der Waals surface area contributed by atoms with Gasteiger partial charge in [-0.3, -0.25) is 14.5 Å². The lowest BCUT2D eigenvalue weighted by molar-refractivity contribution is -0.191. The summed E-state index contributed by atoms with van der Waals surface area (Å²) < 4.78 is 11.4. The summed E-state index contributed by atoms with van der Waals surface area (Å²) in [6, 6.07) is 3.48. The lowest BCUT2D eigenvalue weighted by Gasteiger charge is -2.27. The second kappa shape index (κ2) is 13.5. The second-order valence-electron chi connectivity index (χ2n) is 7.89. The van der Waals surface area contributed by atoms with Gasteiger partial charge in [0.25, 0.3) is 5.56 Å². The molecule has 0 radical (unpaired) electrons. The van der Waals surface area contributed by atoms with Crippen LogP contribution in [-0.2, 0) is 32.1 Å². The number of carboxylic acid groups (broad SMARTS) is 1. The van der Waals surface area contributed by atoms with Crippen molar-refractivity contribution >= 4 is 28.7 Å². The number of carbonyl (C=O) groups excluding carboxylic acids is 2. The fraction of sp³-hybridized carbons (Fsp3) is 0.522. The first-order chi connectivity index (χ1) is 16.3. The number of morpholine rings is 1. The first kappa shape index (κ1) is 27.0. The number of nitrogens with one attached hydrogen (secondary N) is 2. The van der Waals surface area contributed by atoms with Gasteiger partial charge in [-0.05, 0) is 44.4 Å². The van der Waals surface area contributed by atoms with Crippen molar-refractivity contribution in [2.45, 2.75) is 39.3 Å². The van der Waals surface area contributed by atoms with Crippen LogP contribution in [0.3, 0.4) is 0 Å². The quantitative estimate of drug-likeness (QED) is 0.488. The number of aromatic nitrogens is 1. The van der Waals surface area contributed by atoms with Gasteiger partial charge in [0.15, 0.2) is 0 Å². The first-order valence-electron chi connectivity index (χ1n) is 11.2. The number of carbonyl (C=O) groups is 1. The molecule has 11 nitrogen and oxygen atoms in total. The maximum atomic E-state index is 12.5. The lowest BCUT2D eigenvalue weighted by atomic mass is 9.99. The average Bonchev–Trinajstić information content (AvgIpc) is 2.81. The molecule has 0 bridgehead atoms. The van der Waals surface area contributed by atoms with Crippen molar-refractivity contribution in [2.24, 2.45) is 5.73 Å². The first-order valence-corrected chi connectivity index (χ1v) is 11.2. The fourth-order valence-corrected chi connectivity index (χ4v) is 3.78. The lowest BCUT2D eigenvalue weighted by Crippen LogP contribution is -2.35. The molecule has 0 unspecified atom stereocenters. The standard InChI is InChI=1S/C19H25N3O3.C3H7NO2.CO2/c1-2-25-16-11-13(12-22-6-8-24-9-7-22)10-15-17(16)18-14(19(23)21-15)4-3-5-20-18;1-2(4)3(5)6;2-1-3/h10-11,20H,2-9,12H2,1H3,(H,21,23);2H,4H2,1H3,(H,5,6);/t;2-;/m.0./s1. The van der Waals surface area contributed by atoms with E-state index in [2.05, 4.69) is 27.3 Å². The Kier molecular flexibility index (Phi) is 10.7. The zero-order valence-electron chi connectivity index (χ0n) is 19.5. The Bertz CT molecular complexity index is 1060. The Morgan fingerprint density at radius 2 is 1.97 bits per heavy atom. The number of carboxylic acids is 1. The molecule has 3 heterocycles. The minimum Gasteiger partial charge on any atom is -0.493 e. The van der Waals surface area contributed by atoms with Crippen LogP contribution >= 0.6 is 0 Å². The maximum Gasteiger partial charge on any atom is 0.373 e. The van der Waals surface area contributed by atoms with Crippen molar-refractivity contribution in [3.8, 4) is 5.75 Å². The Morgan fingerprint density at radius 1 is 1.32 bits per heavy atom. The van der Waals surface area contributed by atoms with Gasteiger partial charge in [-0.25, -0.2) is 0 Å². The van der Waals surface area contributed by atoms with Gasteiger partial charge in [0.2, 0.25) is 0 Å². The normalized spacial score (nSPS) is 15.9. The molecule has 0 amide bonds. The number of nitrogens with zero attached hydrogens (tertiary/aromatic N) is 1. The highest BCUT2D eigenvalue weighted by atomic mass is 16.5. The number of hydrogen-bond acceptors (Lipinski definition) is 9. The van der Waals surface area contributed by atoms with Gasteiger partial charge in [0.05, 0.1) is 36.4 Å². The van der Waals surface area contributed by atoms with E-state index >= 15 is 0 Å². The van der Waals surface area contributed by atoms with Crippen molar-refractivity contribution in [2.75, 3.05) is 44.8 Å². The number of benzene rings is 1. The molecule has 0 aliphatic carbocycles. The van der Waals surface area contributed by atoms with Crippen molar-refractivity contribution in [3.63, 3.8) is 0 Å². The Labute approximate surface area is 197 Å². The molecule has 2 aliphatic heterocycles. The van der Waals surface area contributed by atoms with E-state index in [1.165, 1.54) is 6.92 Å². The zero-order chi connectivity index (χ0) is 25.1. The summed E-state index contributed by atoms with van der Waals surface area (Å²) in [5.41, 5.74) is 8.66. The number of aliphatic carboxylic acids is 1. The molecular formula is C23H32N4O7. The van der Waals surface area contributed by atoms with Gasteiger partial charge < -0.3 is 30.6 Å². The number of nitrogens with two attached hydrogens (primary N) is 1. The molecule has 34 heavy (non-hydrogen) atoms. The molecule has 4 rings (SSSR count). The minimum atomic E-state index is -0.963. The molecule has 1 saturated heterocycles. The number of hydrogen-bond donors (Lipinski definition) is 4. The third-order valence-electron chi connectivity index (χ3n) is 5.34. The van der Waals surface area contributed by atoms with Gasteiger partial charge in [-0.2, -0.15) is 9.59 Å². The van der Waals surface area contributed by atoms with Crippen LogP contribution in [0.4, 0.5) is 5.69 Å². The van der Waals surface area contributed by atoms with Crippen LogP contribution in [0.25, 0.3) is 10.9 Å². The Morgan fingerprint density at radius 3 is 2.56 bits per heavy atom. The van der Waals surface area contributed by atoms with Crippen molar-refractivity contribution in [3.05, 3.63) is 33.6 Å². The SMILES string of the molecule is CCOc1cc(CN2CCOCC2)cc2[nH]c(=O)c3c(c12)NCCC3.C[C@H](N)C(=O)O.O=C=O. The van der Waals surface area contributed by atoms with E-state index in [1.807, 2.05) is 6.92 Å². The molecule has 1 aromatic carbocycles. The van der Waals surface area contributed by atoms with E-state index in [-0.39, 0.29) is 11.7 Å². The van der Waals surface area contributed by atoms with Gasteiger partial charge in [-0.1, -0.05) is 0 Å². The van der Waals surface area contributed by atoms with Crippen LogP contribution in [0.15, 0.2) is 16.9 Å². The highest BCUT2D eigenvalue weighted by Gasteiger charge is 2.20. The van der Waals surface area contributed by atoms with Gasteiger partial charge in [0, 0.05) is 31.7 Å². The summed E-state index contributed by atoms with van der Waals surface area (Å²) in [4.78, 5) is 43.8. The number of aromatic amines is 1. The highest BCUT2D eigenvalue weighted by Crippen LogP contribution is 2.36. The molecule has 11 heteroatoms. The monoisotopic (exact) mass is 476 g/mol. The van der Waals surface area contributed by atoms with Gasteiger partial charge in [-0.15, -0.1) is 0 Å². The van der Waals surface area contributed by atoms with E-state index < -0.39 is 12.0 Å². The molecule has 1 aromatic heterocycles. The summed E-state index contributed by atoms with van der Waals surface area (Å²) in [7, 11) is 0. The molecule has 0 saturated carbocycles. The van der Waals surface area contributed by atoms with Crippen LogP contribution in [0.1, 0.15) is 31.4 Å². The van der Waals surface area contributed by atoms with Crippen LogP contribution in [-0.4, -0.2) is 72.6 Å². The molecule has 2 aromatic rings. The Hall–Kier alpha value is -3.24. The second-order valence-corrected chi connectivity index (χ2v) is 7.89. The number of pyridine rings is 1. The predicted molar refractivity (Wildman–Crippen MR) is 125 cm³/mol. The molecule has 1 atom stereocenters. The number of rotatable bonds is 5. The van der Waals surface area contributed by atoms with Crippen molar-refractivity contribution < 1.29 is 29.0 Å². The number of fused-ring (bicyclic) bond motifs is 3. The number of anilines is 1. The van der Waals surface area contributed by atoms with E-state index in [9.17, 15) is 9.59 Å². The van der Waals surface area contributed by atoms with Crippen LogP contribution in [0.2, 0.25) is 0 Å². The van der Waals surface area contributed by atoms with E-state index in [4.69, 9.17) is 29.9 Å². The average molecular weight is 477 g/mol. The number of H-pyrrole nitrogens is 1. The summed E-state index contributed by atoms with van der Waals surface area (Å²) >= 11 is 0. The summed E-state index contributed by atoms with van der Waals surface area (Å²) in [5.74, 6) is -0.111. The molecular weight excluding hydrogens is 444 g/mol. The third kappa shape index (κ3) is 7.39. The van der Waals surface area contributed by atoms with Crippen LogP contribution < -0.4 is 21.3 Å². The van der Waals surface area contributed by atoms with E-state index in [1.54, 1.807) is 0 Å². The van der Waals surface area contributed by atoms with Gasteiger partial charge >= 0.3 is 12.1 Å². The molecule has 1 fully saturated rings. The third-order valence-corrected chi connectivity index (χ3v) is 5.34. The highest BCUT2D eigenvalue weighted by molar-refractivity contribution is 5.98. The topological polar surface area (TPSA) is 164 Å². The van der Waals surface area contributed by atoms with E-state index in [0.717, 1.165) is 85.7 Å². The Balaban J connectivity index is 0.000000391. The molecule has 186 valence electrons. The van der Waals surface area contributed by atoms with Gasteiger partial charge in [0.1, 0.15) is 11.8 Å². The maximum absolute atomic E-state index is 12.5. The zero-order valence-corrected chi connectivity index (χ0v) is 19.5. The van der Waals surface area contributed by atoms with Crippen LogP contribution in [0.5, 0.6) is 5.75 Å². The van der Waals surface area contributed by atoms with Crippen molar-refractivity contribution in [1.29, 1.82) is 0 Å². The summed E-state index contributed by atoms with van der Waals surface area (Å²) in [5, 5.41) is 12.3. The van der Waals surface area contributed by atoms with Crippen molar-refractivity contribution in [1.82, 2.24) is 9.88 Å². The molecule has 2 aliphatic rings. The minimum absolute atomic E-state index is 0.0145. The molecule has 5 N–H and O–H groups in total. The number of ether oxygens (including phenoxy) is 2. The molecule has 0 spiro atoms. The van der Waals surface area contributed by atoms with Crippen LogP contribution in [0, 0.1) is 0 Å². The largest absolute Gasteiger partial charge is 0.493 e. The summed E-state index contributed by atoms with van der Waals surface area (Å²) in [6.45, 7) is 9.17. The van der Waals surface area contributed by atoms with E-state index in [0.29, 0.717) is 6.61 Å². The predicted octanol–water partition coefficient (Wildman–Crippen LogP) is 0.952. The fourth-order valence-electron chi connectivity index (χ4n) is 3.78. The summed E-state index contributed by atoms with van der Waals surface area (Å²) in [6.07, 6.45) is 2.05. The smallest absolute Gasteiger partial charge is 0.373 e.